The van der Waals surface area contributed by atoms with E-state index in [1.54, 1.807) is 0 Å². The van der Waals surface area contributed by atoms with Crippen LogP contribution in [0, 0.1) is 6.92 Å². The van der Waals surface area contributed by atoms with Crippen LogP contribution in [0.3, 0.4) is 0 Å². The second-order valence-corrected chi connectivity index (χ2v) is 5.84. The van der Waals surface area contributed by atoms with Crippen molar-refractivity contribution in [3.63, 3.8) is 0 Å². The molecule has 5 heteroatoms. The number of nitrogens with two attached hydrogens (primary N) is 1. The quantitative estimate of drug-likeness (QED) is 0.333. The van der Waals surface area contributed by atoms with Crippen molar-refractivity contribution in [3.05, 3.63) is 29.3 Å². The Morgan fingerprint density at radius 2 is 2.10 bits per heavy atom. The van der Waals surface area contributed by atoms with Crippen LogP contribution in [-0.2, 0) is 0 Å². The van der Waals surface area contributed by atoms with Crippen molar-refractivity contribution in [2.24, 2.45) is 10.9 Å². The van der Waals surface area contributed by atoms with Gasteiger partial charge in [0.05, 0.1) is 5.60 Å². The monoisotopic (exact) mass is 277 g/mol. The summed E-state index contributed by atoms with van der Waals surface area (Å²) < 4.78 is 0. The number of nitrogens with zero attached hydrogens (tertiary/aromatic N) is 2. The highest BCUT2D eigenvalue weighted by Gasteiger charge is 2.26. The largest absolute Gasteiger partial charge is 0.409 e. The van der Waals surface area contributed by atoms with Crippen LogP contribution in [0.15, 0.2) is 23.4 Å². The van der Waals surface area contributed by atoms with Crippen LogP contribution < -0.4 is 10.6 Å². The third-order valence-corrected chi connectivity index (χ3v) is 3.94. The molecule has 0 aliphatic carbocycles. The SMILES string of the molecule is Cc1ccc(/C(N)=N/O)c(N2CCCC(C)(O)CC2)c1. The molecule has 4 N–H and O–H groups in total. The third-order valence-electron chi connectivity index (χ3n) is 3.94. The van der Waals surface area contributed by atoms with Crippen molar-refractivity contribution in [2.75, 3.05) is 18.0 Å². The molecule has 0 radical (unpaired) electrons. The van der Waals surface area contributed by atoms with Crippen LogP contribution in [0.25, 0.3) is 0 Å². The summed E-state index contributed by atoms with van der Waals surface area (Å²) in [6.45, 7) is 5.54. The average Bonchev–Trinajstić information content (AvgIpc) is 2.58. The van der Waals surface area contributed by atoms with Crippen LogP contribution in [-0.4, -0.2) is 34.8 Å². The molecular formula is C15H23N3O2. The highest BCUT2D eigenvalue weighted by Crippen LogP contribution is 2.28. The number of hydrogen-bond donors (Lipinski definition) is 3. The molecule has 20 heavy (non-hydrogen) atoms. The van der Waals surface area contributed by atoms with Gasteiger partial charge in [-0.1, -0.05) is 11.2 Å². The summed E-state index contributed by atoms with van der Waals surface area (Å²) in [6, 6.07) is 5.88. The van der Waals surface area contributed by atoms with Gasteiger partial charge >= 0.3 is 0 Å². The lowest BCUT2D eigenvalue weighted by atomic mass is 9.98. The van der Waals surface area contributed by atoms with Crippen molar-refractivity contribution in [1.29, 1.82) is 0 Å². The zero-order valence-electron chi connectivity index (χ0n) is 12.1. The topological polar surface area (TPSA) is 82.1 Å². The summed E-state index contributed by atoms with van der Waals surface area (Å²) in [5.74, 6) is 0.121. The zero-order valence-corrected chi connectivity index (χ0v) is 12.1. The molecule has 1 unspecified atom stereocenters. The van der Waals surface area contributed by atoms with E-state index >= 15 is 0 Å². The van der Waals surface area contributed by atoms with Gasteiger partial charge in [0.2, 0.25) is 0 Å². The number of aryl methyl sites for hydroxylation is 1. The molecule has 1 aromatic carbocycles. The Bertz CT molecular complexity index is 512. The first-order chi connectivity index (χ1) is 9.43. The number of aliphatic hydroxyl groups is 1. The van der Waals surface area contributed by atoms with E-state index in [2.05, 4.69) is 10.1 Å². The maximum atomic E-state index is 10.2. The number of hydrogen-bond acceptors (Lipinski definition) is 4. The van der Waals surface area contributed by atoms with E-state index in [0.29, 0.717) is 0 Å². The molecule has 0 bridgehead atoms. The molecule has 1 aliphatic heterocycles. The van der Waals surface area contributed by atoms with Gasteiger partial charge in [-0.2, -0.15) is 0 Å². The third kappa shape index (κ3) is 3.22. The lowest BCUT2D eigenvalue weighted by molar-refractivity contribution is 0.0481. The van der Waals surface area contributed by atoms with Gasteiger partial charge in [0.1, 0.15) is 0 Å². The second kappa shape index (κ2) is 5.71. The number of oxime groups is 1. The van der Waals surface area contributed by atoms with Gasteiger partial charge in [0.15, 0.2) is 5.84 Å². The molecule has 2 rings (SSSR count). The minimum atomic E-state index is -0.602. The fourth-order valence-electron chi connectivity index (χ4n) is 2.68. The normalized spacial score (nSPS) is 24.6. The number of rotatable bonds is 2. The van der Waals surface area contributed by atoms with E-state index in [0.717, 1.165) is 49.2 Å². The van der Waals surface area contributed by atoms with Gasteiger partial charge in [0.25, 0.3) is 0 Å². The van der Waals surface area contributed by atoms with E-state index in [1.165, 1.54) is 0 Å². The first-order valence-corrected chi connectivity index (χ1v) is 6.99. The van der Waals surface area contributed by atoms with Crippen molar-refractivity contribution in [3.8, 4) is 0 Å². The van der Waals surface area contributed by atoms with Gasteiger partial charge < -0.3 is 20.9 Å². The minimum Gasteiger partial charge on any atom is -0.409 e. The Morgan fingerprint density at radius 3 is 2.80 bits per heavy atom. The Labute approximate surface area is 119 Å². The van der Waals surface area contributed by atoms with Gasteiger partial charge in [-0.05, 0) is 50.8 Å². The van der Waals surface area contributed by atoms with E-state index in [4.69, 9.17) is 10.9 Å². The van der Waals surface area contributed by atoms with E-state index in [9.17, 15) is 5.11 Å². The predicted molar refractivity (Wildman–Crippen MR) is 80.4 cm³/mol. The van der Waals surface area contributed by atoms with Gasteiger partial charge in [0, 0.05) is 24.3 Å². The van der Waals surface area contributed by atoms with Crippen LogP contribution in [0.2, 0.25) is 0 Å². The summed E-state index contributed by atoms with van der Waals surface area (Å²) in [5, 5.41) is 22.2. The highest BCUT2D eigenvalue weighted by molar-refractivity contribution is 6.02. The first kappa shape index (κ1) is 14.7. The molecule has 1 heterocycles. The maximum Gasteiger partial charge on any atom is 0.172 e. The van der Waals surface area contributed by atoms with Crippen molar-refractivity contribution >= 4 is 11.5 Å². The molecule has 0 amide bonds. The molecule has 1 aromatic rings. The van der Waals surface area contributed by atoms with E-state index < -0.39 is 5.60 Å². The Kier molecular flexibility index (Phi) is 4.18. The standard InChI is InChI=1S/C15H23N3O2/c1-11-4-5-12(14(16)17-20)13(10-11)18-8-3-6-15(2,19)7-9-18/h4-5,10,19-20H,3,6-9H2,1-2H3,(H2,16,17). The van der Waals surface area contributed by atoms with E-state index in [1.807, 2.05) is 32.0 Å². The number of anilines is 1. The Hall–Kier alpha value is -1.75. The van der Waals surface area contributed by atoms with Gasteiger partial charge in [-0.3, -0.25) is 0 Å². The maximum absolute atomic E-state index is 10.2. The lowest BCUT2D eigenvalue weighted by Gasteiger charge is -2.26. The smallest absolute Gasteiger partial charge is 0.172 e. The van der Waals surface area contributed by atoms with E-state index in [-0.39, 0.29) is 5.84 Å². The predicted octanol–water partition coefficient (Wildman–Crippen LogP) is 1.83. The van der Waals surface area contributed by atoms with Crippen LogP contribution in [0.5, 0.6) is 0 Å². The van der Waals surface area contributed by atoms with Crippen LogP contribution >= 0.6 is 0 Å². The summed E-state index contributed by atoms with van der Waals surface area (Å²) in [6.07, 6.45) is 2.45. The molecular weight excluding hydrogens is 254 g/mol. The molecule has 0 aromatic heterocycles. The van der Waals surface area contributed by atoms with Gasteiger partial charge in [-0.25, -0.2) is 0 Å². The number of amidine groups is 1. The summed E-state index contributed by atoms with van der Waals surface area (Å²) >= 11 is 0. The lowest BCUT2D eigenvalue weighted by Crippen LogP contribution is -2.30. The molecule has 0 spiro atoms. The van der Waals surface area contributed by atoms with Crippen LogP contribution in [0.4, 0.5) is 5.69 Å². The molecule has 1 fully saturated rings. The first-order valence-electron chi connectivity index (χ1n) is 6.99. The van der Waals surface area contributed by atoms with Crippen molar-refractivity contribution in [1.82, 2.24) is 0 Å². The molecule has 1 saturated heterocycles. The van der Waals surface area contributed by atoms with Crippen molar-refractivity contribution < 1.29 is 10.3 Å². The zero-order chi connectivity index (χ0) is 14.8. The minimum absolute atomic E-state index is 0.121. The fourth-order valence-corrected chi connectivity index (χ4v) is 2.68. The summed E-state index contributed by atoms with van der Waals surface area (Å²) in [5.41, 5.74) is 8.00. The molecule has 1 atom stereocenters. The Balaban J connectivity index is 2.34. The molecule has 0 saturated carbocycles. The Morgan fingerprint density at radius 1 is 1.35 bits per heavy atom. The average molecular weight is 277 g/mol. The van der Waals surface area contributed by atoms with Crippen molar-refractivity contribution in [2.45, 2.75) is 38.7 Å². The highest BCUT2D eigenvalue weighted by atomic mass is 16.4. The summed E-state index contributed by atoms with van der Waals surface area (Å²) in [4.78, 5) is 2.21. The molecule has 5 nitrogen and oxygen atoms in total. The summed E-state index contributed by atoms with van der Waals surface area (Å²) in [7, 11) is 0. The van der Waals surface area contributed by atoms with Gasteiger partial charge in [-0.15, -0.1) is 0 Å². The fraction of sp³-hybridized carbons (Fsp3) is 0.533. The van der Waals surface area contributed by atoms with Crippen LogP contribution in [0.1, 0.15) is 37.3 Å². The number of benzene rings is 1. The molecule has 1 aliphatic rings. The second-order valence-electron chi connectivity index (χ2n) is 5.84. The molecule has 110 valence electrons.